The standard InChI is InChI=1S/C12H16ClN3O2/c1-7(12(18)15-2)16-6-9-4-3-8(11(14)17)5-10(9)13/h3-5,7,16H,6H2,1-2H3,(H2,14,17)(H,15,18). The largest absolute Gasteiger partial charge is 0.366 e. The number of carbonyl (C=O) groups excluding carboxylic acids is 2. The number of benzene rings is 1. The lowest BCUT2D eigenvalue weighted by Gasteiger charge is -2.13. The molecule has 98 valence electrons. The second kappa shape index (κ2) is 6.37. The fourth-order valence-electron chi connectivity index (χ4n) is 1.42. The first-order valence-electron chi connectivity index (χ1n) is 5.49. The summed E-state index contributed by atoms with van der Waals surface area (Å²) in [6.45, 7) is 2.19. The Hall–Kier alpha value is -1.59. The molecule has 0 aliphatic rings. The summed E-state index contributed by atoms with van der Waals surface area (Å²) in [5.74, 6) is -0.616. The molecule has 0 spiro atoms. The van der Waals surface area contributed by atoms with Crippen molar-refractivity contribution in [3.05, 3.63) is 34.3 Å². The van der Waals surface area contributed by atoms with Gasteiger partial charge in [0.15, 0.2) is 0 Å². The topological polar surface area (TPSA) is 84.2 Å². The van der Waals surface area contributed by atoms with E-state index < -0.39 is 5.91 Å². The smallest absolute Gasteiger partial charge is 0.248 e. The second-order valence-corrected chi connectivity index (χ2v) is 4.29. The number of carbonyl (C=O) groups is 2. The number of nitrogens with two attached hydrogens (primary N) is 1. The summed E-state index contributed by atoms with van der Waals surface area (Å²) >= 11 is 6.02. The Bertz CT molecular complexity index is 463. The van der Waals surface area contributed by atoms with Gasteiger partial charge >= 0.3 is 0 Å². The van der Waals surface area contributed by atoms with Crippen molar-refractivity contribution >= 4 is 23.4 Å². The highest BCUT2D eigenvalue weighted by Crippen LogP contribution is 2.17. The predicted molar refractivity (Wildman–Crippen MR) is 70.3 cm³/mol. The molecule has 0 aromatic heterocycles. The zero-order valence-electron chi connectivity index (χ0n) is 10.3. The first kappa shape index (κ1) is 14.5. The van der Waals surface area contributed by atoms with Gasteiger partial charge in [-0.25, -0.2) is 0 Å². The normalized spacial score (nSPS) is 11.9. The third-order valence-electron chi connectivity index (χ3n) is 2.58. The van der Waals surface area contributed by atoms with E-state index in [-0.39, 0.29) is 11.9 Å². The summed E-state index contributed by atoms with van der Waals surface area (Å²) in [6.07, 6.45) is 0. The molecule has 0 bridgehead atoms. The van der Waals surface area contributed by atoms with Gasteiger partial charge in [-0.2, -0.15) is 0 Å². The number of rotatable bonds is 5. The van der Waals surface area contributed by atoms with Gasteiger partial charge in [0.25, 0.3) is 0 Å². The zero-order valence-corrected chi connectivity index (χ0v) is 11.0. The molecular formula is C12H16ClN3O2. The Morgan fingerprint density at radius 2 is 2.11 bits per heavy atom. The van der Waals surface area contributed by atoms with Crippen LogP contribution in [0.4, 0.5) is 0 Å². The van der Waals surface area contributed by atoms with Crippen molar-refractivity contribution < 1.29 is 9.59 Å². The van der Waals surface area contributed by atoms with E-state index in [2.05, 4.69) is 10.6 Å². The second-order valence-electron chi connectivity index (χ2n) is 3.89. The van der Waals surface area contributed by atoms with E-state index in [1.54, 1.807) is 26.1 Å². The van der Waals surface area contributed by atoms with E-state index in [1.807, 2.05) is 0 Å². The minimum absolute atomic E-state index is 0.0973. The van der Waals surface area contributed by atoms with Gasteiger partial charge in [0.05, 0.1) is 6.04 Å². The van der Waals surface area contributed by atoms with Gasteiger partial charge in [-0.05, 0) is 24.6 Å². The lowest BCUT2D eigenvalue weighted by atomic mass is 10.1. The predicted octanol–water partition coefficient (Wildman–Crippen LogP) is 0.663. The third-order valence-corrected chi connectivity index (χ3v) is 2.93. The van der Waals surface area contributed by atoms with E-state index >= 15 is 0 Å². The summed E-state index contributed by atoms with van der Waals surface area (Å²) in [5, 5.41) is 6.02. The van der Waals surface area contributed by atoms with Gasteiger partial charge in [-0.1, -0.05) is 17.7 Å². The van der Waals surface area contributed by atoms with E-state index in [0.29, 0.717) is 17.1 Å². The molecule has 18 heavy (non-hydrogen) atoms. The highest BCUT2D eigenvalue weighted by Gasteiger charge is 2.11. The van der Waals surface area contributed by atoms with Gasteiger partial charge in [0.2, 0.25) is 11.8 Å². The minimum atomic E-state index is -0.518. The molecule has 0 heterocycles. The summed E-state index contributed by atoms with van der Waals surface area (Å²) < 4.78 is 0. The Morgan fingerprint density at radius 3 is 2.61 bits per heavy atom. The van der Waals surface area contributed by atoms with E-state index in [0.717, 1.165) is 5.56 Å². The van der Waals surface area contributed by atoms with Crippen LogP contribution in [0.15, 0.2) is 18.2 Å². The fraction of sp³-hybridized carbons (Fsp3) is 0.333. The van der Waals surface area contributed by atoms with Crippen molar-refractivity contribution in [3.63, 3.8) is 0 Å². The molecule has 0 saturated heterocycles. The van der Waals surface area contributed by atoms with Crippen molar-refractivity contribution in [2.75, 3.05) is 7.05 Å². The van der Waals surface area contributed by atoms with Gasteiger partial charge in [-0.3, -0.25) is 9.59 Å². The summed E-state index contributed by atoms with van der Waals surface area (Å²) in [7, 11) is 1.58. The molecular weight excluding hydrogens is 254 g/mol. The van der Waals surface area contributed by atoms with Crippen molar-refractivity contribution in [2.24, 2.45) is 5.73 Å². The summed E-state index contributed by atoms with van der Waals surface area (Å²) in [6, 6.07) is 4.52. The molecule has 2 amide bonds. The third kappa shape index (κ3) is 3.72. The SMILES string of the molecule is CNC(=O)C(C)NCc1ccc(C(N)=O)cc1Cl. The highest BCUT2D eigenvalue weighted by molar-refractivity contribution is 6.31. The molecule has 1 unspecified atom stereocenters. The number of primary amides is 1. The molecule has 0 aliphatic carbocycles. The summed E-state index contributed by atoms with van der Waals surface area (Å²) in [4.78, 5) is 22.2. The number of amides is 2. The maximum absolute atomic E-state index is 11.3. The van der Waals surface area contributed by atoms with Gasteiger partial charge < -0.3 is 16.4 Å². The molecule has 1 atom stereocenters. The molecule has 1 rings (SSSR count). The number of halogens is 1. The van der Waals surface area contributed by atoms with Gasteiger partial charge in [0, 0.05) is 24.2 Å². The van der Waals surface area contributed by atoms with Crippen LogP contribution in [0.5, 0.6) is 0 Å². The molecule has 5 nitrogen and oxygen atoms in total. The average Bonchev–Trinajstić information content (AvgIpc) is 2.35. The summed E-state index contributed by atoms with van der Waals surface area (Å²) in [5.41, 5.74) is 6.31. The average molecular weight is 270 g/mol. The quantitative estimate of drug-likeness (QED) is 0.734. The molecule has 0 fully saturated rings. The van der Waals surface area contributed by atoms with Crippen LogP contribution >= 0.6 is 11.6 Å². The number of hydrogen-bond donors (Lipinski definition) is 3. The van der Waals surface area contributed by atoms with Crippen LogP contribution in [-0.2, 0) is 11.3 Å². The Kier molecular flexibility index (Phi) is 5.12. The van der Waals surface area contributed by atoms with Gasteiger partial charge in [0.1, 0.15) is 0 Å². The zero-order chi connectivity index (χ0) is 13.7. The first-order chi connectivity index (χ1) is 8.45. The Morgan fingerprint density at radius 1 is 1.44 bits per heavy atom. The van der Waals surface area contributed by atoms with Crippen LogP contribution in [0.2, 0.25) is 5.02 Å². The monoisotopic (exact) mass is 269 g/mol. The molecule has 0 saturated carbocycles. The number of nitrogens with one attached hydrogen (secondary N) is 2. The molecule has 4 N–H and O–H groups in total. The maximum Gasteiger partial charge on any atom is 0.248 e. The van der Waals surface area contributed by atoms with Crippen molar-refractivity contribution in [2.45, 2.75) is 19.5 Å². The van der Waals surface area contributed by atoms with Crippen molar-refractivity contribution in [1.82, 2.24) is 10.6 Å². The molecule has 0 aliphatic heterocycles. The van der Waals surface area contributed by atoms with Crippen molar-refractivity contribution in [1.29, 1.82) is 0 Å². The lowest BCUT2D eigenvalue weighted by molar-refractivity contribution is -0.122. The van der Waals surface area contributed by atoms with E-state index in [9.17, 15) is 9.59 Å². The van der Waals surface area contributed by atoms with Crippen LogP contribution in [0.3, 0.4) is 0 Å². The minimum Gasteiger partial charge on any atom is -0.366 e. The fourth-order valence-corrected chi connectivity index (χ4v) is 1.66. The molecule has 1 aromatic rings. The van der Waals surface area contributed by atoms with Gasteiger partial charge in [-0.15, -0.1) is 0 Å². The van der Waals surface area contributed by atoms with Crippen molar-refractivity contribution in [3.8, 4) is 0 Å². The van der Waals surface area contributed by atoms with E-state index in [4.69, 9.17) is 17.3 Å². The highest BCUT2D eigenvalue weighted by atomic mass is 35.5. The molecule has 0 radical (unpaired) electrons. The first-order valence-corrected chi connectivity index (χ1v) is 5.86. The van der Waals surface area contributed by atoms with Crippen LogP contribution < -0.4 is 16.4 Å². The Balaban J connectivity index is 2.69. The number of hydrogen-bond acceptors (Lipinski definition) is 3. The maximum atomic E-state index is 11.3. The lowest BCUT2D eigenvalue weighted by Crippen LogP contribution is -2.40. The van der Waals surface area contributed by atoms with Crippen LogP contribution in [0.25, 0.3) is 0 Å². The van der Waals surface area contributed by atoms with Crippen LogP contribution in [0, 0.1) is 0 Å². The van der Waals surface area contributed by atoms with Crippen LogP contribution in [0.1, 0.15) is 22.8 Å². The molecule has 6 heteroatoms. The molecule has 1 aromatic carbocycles. The van der Waals surface area contributed by atoms with Crippen LogP contribution in [-0.4, -0.2) is 24.9 Å². The number of likely N-dealkylation sites (N-methyl/N-ethyl adjacent to an activating group) is 1. The Labute approximate surface area is 111 Å². The van der Waals surface area contributed by atoms with E-state index in [1.165, 1.54) is 6.07 Å².